The predicted octanol–water partition coefficient (Wildman–Crippen LogP) is 3.32. The Hall–Kier alpha value is -1.45. The summed E-state index contributed by atoms with van der Waals surface area (Å²) in [4.78, 5) is 4.50. The van der Waals surface area contributed by atoms with E-state index >= 15 is 0 Å². The average molecular weight is 284 g/mol. The summed E-state index contributed by atoms with van der Waals surface area (Å²) in [6, 6.07) is 10.5. The minimum absolute atomic E-state index is 0.0614. The third-order valence-corrected chi connectivity index (χ3v) is 4.21. The molecule has 1 saturated heterocycles. The first-order chi connectivity index (χ1) is 10.1. The number of pyridine rings is 1. The maximum Gasteiger partial charge on any atom is 0.0734 e. The monoisotopic (exact) mass is 284 g/mol. The molecule has 0 amide bonds. The molecule has 1 unspecified atom stereocenters. The smallest absolute Gasteiger partial charge is 0.0734 e. The van der Waals surface area contributed by atoms with Crippen LogP contribution in [0.15, 0.2) is 36.5 Å². The fourth-order valence-electron chi connectivity index (χ4n) is 3.08. The number of nitrogens with one attached hydrogen (secondary N) is 1. The van der Waals surface area contributed by atoms with E-state index in [2.05, 4.69) is 48.4 Å². The zero-order valence-electron chi connectivity index (χ0n) is 12.9. The molecule has 1 aromatic heterocycles. The highest BCUT2D eigenvalue weighted by molar-refractivity contribution is 5.81. The van der Waals surface area contributed by atoms with Crippen molar-refractivity contribution >= 4 is 10.9 Å². The molecule has 112 valence electrons. The predicted molar refractivity (Wildman–Crippen MR) is 86.5 cm³/mol. The standard InChI is InChI=1S/C18H24N2O/c1-18(2)10-8-16(21-18)13-19-12-9-15-6-3-5-14-7-4-11-20-17(14)15/h3-7,11,16,19H,8-10,12-13H2,1-2H3. The summed E-state index contributed by atoms with van der Waals surface area (Å²) < 4.78 is 6.00. The molecule has 3 heteroatoms. The SMILES string of the molecule is CC1(C)CCC(CNCCc2cccc3cccnc23)O1. The molecule has 1 N–H and O–H groups in total. The first-order valence-electron chi connectivity index (χ1n) is 7.85. The number of hydrogen-bond acceptors (Lipinski definition) is 3. The molecule has 3 nitrogen and oxygen atoms in total. The number of nitrogens with zero attached hydrogens (tertiary/aromatic N) is 1. The summed E-state index contributed by atoms with van der Waals surface area (Å²) in [6.07, 6.45) is 5.56. The van der Waals surface area contributed by atoms with Gasteiger partial charge in [-0.1, -0.05) is 24.3 Å². The van der Waals surface area contributed by atoms with Gasteiger partial charge in [0.1, 0.15) is 0 Å². The van der Waals surface area contributed by atoms with Crippen LogP contribution in [0.5, 0.6) is 0 Å². The molecule has 0 saturated carbocycles. The van der Waals surface area contributed by atoms with Crippen LogP contribution in [0.2, 0.25) is 0 Å². The van der Waals surface area contributed by atoms with Crippen LogP contribution in [-0.4, -0.2) is 29.8 Å². The Balaban J connectivity index is 1.51. The van der Waals surface area contributed by atoms with E-state index in [0.717, 1.165) is 37.9 Å². The zero-order chi connectivity index (χ0) is 14.7. The largest absolute Gasteiger partial charge is 0.371 e. The van der Waals surface area contributed by atoms with Crippen molar-refractivity contribution < 1.29 is 4.74 Å². The van der Waals surface area contributed by atoms with Gasteiger partial charge in [0, 0.05) is 18.1 Å². The Labute approximate surface area is 126 Å². The minimum Gasteiger partial charge on any atom is -0.371 e. The summed E-state index contributed by atoms with van der Waals surface area (Å²) in [5.74, 6) is 0. The van der Waals surface area contributed by atoms with Gasteiger partial charge in [0.05, 0.1) is 17.2 Å². The van der Waals surface area contributed by atoms with Gasteiger partial charge < -0.3 is 10.1 Å². The van der Waals surface area contributed by atoms with Crippen LogP contribution in [0.25, 0.3) is 10.9 Å². The summed E-state index contributed by atoms with van der Waals surface area (Å²) >= 11 is 0. The lowest BCUT2D eigenvalue weighted by Crippen LogP contribution is -2.30. The number of aromatic nitrogens is 1. The summed E-state index contributed by atoms with van der Waals surface area (Å²) in [5.41, 5.74) is 2.50. The van der Waals surface area contributed by atoms with Crippen LogP contribution in [-0.2, 0) is 11.2 Å². The lowest BCUT2D eigenvalue weighted by Gasteiger charge is -2.19. The van der Waals surface area contributed by atoms with E-state index in [1.807, 2.05) is 12.3 Å². The Morgan fingerprint density at radius 3 is 2.95 bits per heavy atom. The van der Waals surface area contributed by atoms with Crippen molar-refractivity contribution in [2.45, 2.75) is 44.8 Å². The number of ether oxygens (including phenoxy) is 1. The first kappa shape index (κ1) is 14.5. The second-order valence-corrected chi connectivity index (χ2v) is 6.48. The average Bonchev–Trinajstić information content (AvgIpc) is 2.83. The first-order valence-corrected chi connectivity index (χ1v) is 7.85. The Kier molecular flexibility index (Phi) is 4.22. The van der Waals surface area contributed by atoms with Gasteiger partial charge in [-0.25, -0.2) is 0 Å². The van der Waals surface area contributed by atoms with E-state index in [1.165, 1.54) is 10.9 Å². The fourth-order valence-corrected chi connectivity index (χ4v) is 3.08. The molecular weight excluding hydrogens is 260 g/mol. The van der Waals surface area contributed by atoms with Gasteiger partial charge in [-0.05, 0) is 51.3 Å². The number of benzene rings is 1. The zero-order valence-corrected chi connectivity index (χ0v) is 12.9. The van der Waals surface area contributed by atoms with E-state index in [1.54, 1.807) is 0 Å². The quantitative estimate of drug-likeness (QED) is 0.855. The van der Waals surface area contributed by atoms with Gasteiger partial charge in [-0.2, -0.15) is 0 Å². The second kappa shape index (κ2) is 6.12. The van der Waals surface area contributed by atoms with E-state index in [9.17, 15) is 0 Å². The Morgan fingerprint density at radius 1 is 1.29 bits per heavy atom. The van der Waals surface area contributed by atoms with Crippen LogP contribution >= 0.6 is 0 Å². The topological polar surface area (TPSA) is 34.2 Å². The van der Waals surface area contributed by atoms with Crippen LogP contribution < -0.4 is 5.32 Å². The van der Waals surface area contributed by atoms with Crippen molar-refractivity contribution in [3.63, 3.8) is 0 Å². The highest BCUT2D eigenvalue weighted by Gasteiger charge is 2.30. The molecular formula is C18H24N2O. The fraction of sp³-hybridized carbons (Fsp3) is 0.500. The van der Waals surface area contributed by atoms with Gasteiger partial charge in [0.15, 0.2) is 0 Å². The Morgan fingerprint density at radius 2 is 2.14 bits per heavy atom. The number of rotatable bonds is 5. The molecule has 1 aliphatic heterocycles. The molecule has 0 aliphatic carbocycles. The molecule has 2 aromatic rings. The van der Waals surface area contributed by atoms with Crippen LogP contribution in [0.4, 0.5) is 0 Å². The number of hydrogen-bond donors (Lipinski definition) is 1. The molecule has 0 radical (unpaired) electrons. The van der Waals surface area contributed by atoms with Gasteiger partial charge in [0.25, 0.3) is 0 Å². The van der Waals surface area contributed by atoms with Gasteiger partial charge in [-0.15, -0.1) is 0 Å². The van der Waals surface area contributed by atoms with Crippen LogP contribution in [0, 0.1) is 0 Å². The van der Waals surface area contributed by atoms with Gasteiger partial charge in [0.2, 0.25) is 0 Å². The molecule has 1 fully saturated rings. The lowest BCUT2D eigenvalue weighted by molar-refractivity contribution is -0.0140. The molecule has 0 spiro atoms. The highest BCUT2D eigenvalue weighted by atomic mass is 16.5. The van der Waals surface area contributed by atoms with Gasteiger partial charge >= 0.3 is 0 Å². The lowest BCUT2D eigenvalue weighted by atomic mass is 10.1. The molecule has 21 heavy (non-hydrogen) atoms. The van der Waals surface area contributed by atoms with E-state index < -0.39 is 0 Å². The summed E-state index contributed by atoms with van der Waals surface area (Å²) in [5, 5.41) is 4.74. The molecule has 0 bridgehead atoms. The van der Waals surface area contributed by atoms with Crippen molar-refractivity contribution in [1.82, 2.24) is 10.3 Å². The Bertz CT molecular complexity index is 604. The molecule has 1 aromatic carbocycles. The highest BCUT2D eigenvalue weighted by Crippen LogP contribution is 2.28. The molecule has 1 aliphatic rings. The summed E-state index contributed by atoms with van der Waals surface area (Å²) in [6.45, 7) is 6.27. The van der Waals surface area contributed by atoms with Crippen molar-refractivity contribution in [2.24, 2.45) is 0 Å². The normalized spacial score (nSPS) is 21.0. The van der Waals surface area contributed by atoms with Crippen molar-refractivity contribution in [3.05, 3.63) is 42.1 Å². The molecule has 2 heterocycles. The van der Waals surface area contributed by atoms with Crippen molar-refractivity contribution in [3.8, 4) is 0 Å². The third-order valence-electron chi connectivity index (χ3n) is 4.21. The molecule has 3 rings (SSSR count). The second-order valence-electron chi connectivity index (χ2n) is 6.48. The molecule has 1 atom stereocenters. The van der Waals surface area contributed by atoms with E-state index in [0.29, 0.717) is 6.10 Å². The van der Waals surface area contributed by atoms with Crippen LogP contribution in [0.1, 0.15) is 32.3 Å². The number of para-hydroxylation sites is 1. The van der Waals surface area contributed by atoms with E-state index in [-0.39, 0.29) is 5.60 Å². The maximum atomic E-state index is 6.00. The minimum atomic E-state index is 0.0614. The van der Waals surface area contributed by atoms with Crippen molar-refractivity contribution in [1.29, 1.82) is 0 Å². The third kappa shape index (κ3) is 3.60. The van der Waals surface area contributed by atoms with E-state index in [4.69, 9.17) is 4.74 Å². The number of fused-ring (bicyclic) bond motifs is 1. The van der Waals surface area contributed by atoms with Gasteiger partial charge in [-0.3, -0.25) is 4.98 Å². The maximum absolute atomic E-state index is 6.00. The van der Waals surface area contributed by atoms with Crippen molar-refractivity contribution in [2.75, 3.05) is 13.1 Å². The van der Waals surface area contributed by atoms with Crippen LogP contribution in [0.3, 0.4) is 0 Å². The summed E-state index contributed by atoms with van der Waals surface area (Å²) in [7, 11) is 0.